The van der Waals surface area contributed by atoms with Crippen LogP contribution in [0.4, 0.5) is 0 Å². The summed E-state index contributed by atoms with van der Waals surface area (Å²) in [6.45, 7) is 1.42. The van der Waals surface area contributed by atoms with Gasteiger partial charge in [-0.25, -0.2) is 10.7 Å². The Bertz CT molecular complexity index is 230. The summed E-state index contributed by atoms with van der Waals surface area (Å²) in [4.78, 5) is 17.3. The minimum atomic E-state index is -0.668. The van der Waals surface area contributed by atoms with Gasteiger partial charge < -0.3 is 4.98 Å². The van der Waals surface area contributed by atoms with Crippen molar-refractivity contribution >= 4 is 5.78 Å². The first-order chi connectivity index (χ1) is 5.20. The number of ketones is 1. The van der Waals surface area contributed by atoms with Crippen LogP contribution in [0.5, 0.6) is 0 Å². The van der Waals surface area contributed by atoms with Crippen molar-refractivity contribution in [2.45, 2.75) is 19.4 Å². The van der Waals surface area contributed by atoms with E-state index in [9.17, 15) is 4.79 Å². The molecule has 4 nitrogen and oxygen atoms in total. The first-order valence-corrected chi connectivity index (χ1v) is 3.39. The average Bonchev–Trinajstić information content (AvgIpc) is 2.39. The lowest BCUT2D eigenvalue weighted by Crippen LogP contribution is -2.21. The van der Waals surface area contributed by atoms with Gasteiger partial charge in [0, 0.05) is 12.6 Å². The van der Waals surface area contributed by atoms with Gasteiger partial charge in [-0.2, -0.15) is 0 Å². The zero-order valence-corrected chi connectivity index (χ0v) is 6.29. The summed E-state index contributed by atoms with van der Waals surface area (Å²) < 4.78 is 0. The van der Waals surface area contributed by atoms with Crippen LogP contribution in [-0.4, -0.2) is 21.8 Å². The Hall–Kier alpha value is -1.16. The summed E-state index contributed by atoms with van der Waals surface area (Å²) in [7, 11) is 0. The molecule has 0 saturated heterocycles. The first-order valence-electron chi connectivity index (χ1n) is 3.39. The van der Waals surface area contributed by atoms with Crippen LogP contribution in [0.15, 0.2) is 12.5 Å². The number of imidazole rings is 1. The number of hydrogen-bond acceptors (Lipinski definition) is 2. The van der Waals surface area contributed by atoms with E-state index in [2.05, 4.69) is 9.97 Å². The molecule has 59 valence electrons. The van der Waals surface area contributed by atoms with E-state index in [1.54, 1.807) is 12.5 Å². The van der Waals surface area contributed by atoms with Gasteiger partial charge in [0.25, 0.3) is 0 Å². The van der Waals surface area contributed by atoms with Crippen LogP contribution in [-0.2, 0) is 11.2 Å². The molecule has 0 amide bonds. The van der Waals surface area contributed by atoms with Crippen LogP contribution in [0.25, 0.3) is 0 Å². The lowest BCUT2D eigenvalue weighted by atomic mass is 10.1. The number of carbonyl (C=O) groups excluding carboxylic acids is 1. The van der Waals surface area contributed by atoms with E-state index >= 15 is 0 Å². The van der Waals surface area contributed by atoms with Gasteiger partial charge in [-0.15, -0.1) is 0 Å². The Labute approximate surface area is 64.8 Å². The zero-order valence-electron chi connectivity index (χ0n) is 6.29. The van der Waals surface area contributed by atoms with Gasteiger partial charge in [-0.3, -0.25) is 4.79 Å². The van der Waals surface area contributed by atoms with E-state index < -0.39 is 6.04 Å². The molecule has 2 N–H and O–H groups in total. The molecule has 1 aromatic heterocycles. The number of carbonyl (C=O) groups is 1. The summed E-state index contributed by atoms with van der Waals surface area (Å²) in [5.74, 6) is -0.118. The number of aromatic amines is 1. The van der Waals surface area contributed by atoms with Gasteiger partial charge in [0.2, 0.25) is 0 Å². The number of nitrogens with one attached hydrogen (secondary N) is 2. The fourth-order valence-electron chi connectivity index (χ4n) is 0.755. The van der Waals surface area contributed by atoms with E-state index in [-0.39, 0.29) is 5.78 Å². The van der Waals surface area contributed by atoms with Crippen molar-refractivity contribution in [3.63, 3.8) is 0 Å². The third-order valence-electron chi connectivity index (χ3n) is 1.46. The molecule has 0 aliphatic heterocycles. The number of hydrogen-bond donors (Lipinski definition) is 1. The normalized spacial score (nSPS) is 12.9. The van der Waals surface area contributed by atoms with Gasteiger partial charge in [0.15, 0.2) is 0 Å². The van der Waals surface area contributed by atoms with Crippen LogP contribution in [0.3, 0.4) is 0 Å². The van der Waals surface area contributed by atoms with E-state index in [1.165, 1.54) is 6.92 Å². The molecule has 1 radical (unpaired) electrons. The predicted octanol–water partition coefficient (Wildman–Crippen LogP) is 0.193. The van der Waals surface area contributed by atoms with Crippen LogP contribution in [0.2, 0.25) is 0 Å². The van der Waals surface area contributed by atoms with Gasteiger partial charge in [-0.05, 0) is 6.92 Å². The molecule has 0 aromatic carbocycles. The Morgan fingerprint density at radius 3 is 3.09 bits per heavy atom. The van der Waals surface area contributed by atoms with E-state index in [4.69, 9.17) is 5.73 Å². The summed E-state index contributed by atoms with van der Waals surface area (Å²) in [5, 5.41) is 0. The summed E-state index contributed by atoms with van der Waals surface area (Å²) >= 11 is 0. The van der Waals surface area contributed by atoms with E-state index in [1.807, 2.05) is 0 Å². The molecule has 4 heteroatoms. The molecule has 0 unspecified atom stereocenters. The quantitative estimate of drug-likeness (QED) is 0.671. The van der Waals surface area contributed by atoms with Crippen molar-refractivity contribution in [1.82, 2.24) is 15.7 Å². The molecule has 1 aromatic rings. The second kappa shape index (κ2) is 3.30. The summed E-state index contributed by atoms with van der Waals surface area (Å²) in [5.41, 5.74) is 8.06. The average molecular weight is 152 g/mol. The van der Waals surface area contributed by atoms with Crippen molar-refractivity contribution < 1.29 is 4.79 Å². The molecule has 11 heavy (non-hydrogen) atoms. The van der Waals surface area contributed by atoms with Gasteiger partial charge in [-0.1, -0.05) is 0 Å². The van der Waals surface area contributed by atoms with Crippen molar-refractivity contribution in [3.8, 4) is 0 Å². The van der Waals surface area contributed by atoms with Crippen molar-refractivity contribution in [2.75, 3.05) is 0 Å². The van der Waals surface area contributed by atoms with Crippen molar-refractivity contribution in [3.05, 3.63) is 18.2 Å². The summed E-state index contributed by atoms with van der Waals surface area (Å²) in [6, 6.07) is -0.668. The molecule has 0 fully saturated rings. The smallest absolute Gasteiger partial charge is 0.148 e. The number of Topliss-reactive ketones (excluding diaryl/α,β-unsaturated/α-hetero) is 1. The maximum Gasteiger partial charge on any atom is 0.148 e. The highest BCUT2D eigenvalue weighted by Gasteiger charge is 2.10. The minimum Gasteiger partial charge on any atom is -0.351 e. The van der Waals surface area contributed by atoms with Gasteiger partial charge in [0.1, 0.15) is 5.78 Å². The maximum absolute atomic E-state index is 10.6. The van der Waals surface area contributed by atoms with Crippen molar-refractivity contribution in [1.29, 1.82) is 0 Å². The molecule has 1 heterocycles. The molecule has 0 spiro atoms. The second-order valence-corrected chi connectivity index (χ2v) is 2.43. The monoisotopic (exact) mass is 152 g/mol. The number of nitrogens with zero attached hydrogens (tertiary/aromatic N) is 1. The lowest BCUT2D eigenvalue weighted by Gasteiger charge is -2.01. The highest BCUT2D eigenvalue weighted by Crippen LogP contribution is 1.97. The largest absolute Gasteiger partial charge is 0.351 e. The predicted molar refractivity (Wildman–Crippen MR) is 39.9 cm³/mol. The molecule has 0 aliphatic rings. The molecular formula is C7H10N3O. The molecule has 1 rings (SSSR count). The fourth-order valence-corrected chi connectivity index (χ4v) is 0.755. The minimum absolute atomic E-state index is 0.118. The molecule has 0 bridgehead atoms. The standard InChI is InChI=1S/C7H10N3O/c1-5(11)7(8)2-6-3-9-4-10-6/h3-4,7-8H,2H2,1H3,(H,9,10)/t7-/m0/s1. The SMILES string of the molecule is CC(=O)[C@@H]([NH])Cc1c[nH]cn1. The molecular weight excluding hydrogens is 142 g/mol. The van der Waals surface area contributed by atoms with Gasteiger partial charge >= 0.3 is 0 Å². The topological polar surface area (TPSA) is 69.6 Å². The van der Waals surface area contributed by atoms with Crippen LogP contribution in [0, 0.1) is 0 Å². The van der Waals surface area contributed by atoms with E-state index in [0.717, 1.165) is 5.69 Å². The number of H-pyrrole nitrogens is 1. The zero-order chi connectivity index (χ0) is 8.27. The number of rotatable bonds is 3. The highest BCUT2D eigenvalue weighted by molar-refractivity contribution is 5.81. The first kappa shape index (κ1) is 7.94. The lowest BCUT2D eigenvalue weighted by molar-refractivity contribution is -0.118. The molecule has 1 atom stereocenters. The summed E-state index contributed by atoms with van der Waals surface area (Å²) in [6.07, 6.45) is 3.64. The third kappa shape index (κ3) is 2.16. The van der Waals surface area contributed by atoms with E-state index in [0.29, 0.717) is 6.42 Å². The molecule has 0 aliphatic carbocycles. The van der Waals surface area contributed by atoms with Gasteiger partial charge in [0.05, 0.1) is 18.1 Å². The Morgan fingerprint density at radius 1 is 1.91 bits per heavy atom. The Balaban J connectivity index is 2.50. The second-order valence-electron chi connectivity index (χ2n) is 2.43. The molecule has 0 saturated carbocycles. The Kier molecular flexibility index (Phi) is 2.38. The van der Waals surface area contributed by atoms with Crippen LogP contribution >= 0.6 is 0 Å². The Morgan fingerprint density at radius 2 is 2.64 bits per heavy atom. The van der Waals surface area contributed by atoms with Crippen LogP contribution in [0.1, 0.15) is 12.6 Å². The third-order valence-corrected chi connectivity index (χ3v) is 1.46. The highest BCUT2D eigenvalue weighted by atomic mass is 16.1. The maximum atomic E-state index is 10.6. The fraction of sp³-hybridized carbons (Fsp3) is 0.429. The van der Waals surface area contributed by atoms with Crippen molar-refractivity contribution in [2.24, 2.45) is 0 Å². The number of aromatic nitrogens is 2. The van der Waals surface area contributed by atoms with Crippen LogP contribution < -0.4 is 5.73 Å².